The van der Waals surface area contributed by atoms with E-state index in [1.165, 1.54) is 0 Å². The monoisotopic (exact) mass is 243 g/mol. The molecule has 1 aliphatic rings. The molecular formula is C15H17NO2. The quantitative estimate of drug-likeness (QED) is 0.887. The van der Waals surface area contributed by atoms with Crippen LogP contribution in [0.5, 0.6) is 0 Å². The van der Waals surface area contributed by atoms with Crippen LogP contribution in [0.15, 0.2) is 30.0 Å². The Hall–Kier alpha value is -1.90. The van der Waals surface area contributed by atoms with Gasteiger partial charge in [-0.1, -0.05) is 45.0 Å². The summed E-state index contributed by atoms with van der Waals surface area (Å²) in [6.07, 6.45) is 0.374. The van der Waals surface area contributed by atoms with Gasteiger partial charge in [-0.25, -0.2) is 0 Å². The minimum Gasteiger partial charge on any atom is -0.323 e. The Morgan fingerprint density at radius 3 is 2.39 bits per heavy atom. The summed E-state index contributed by atoms with van der Waals surface area (Å²) in [5.74, 6) is 0.00478. The van der Waals surface area contributed by atoms with Crippen molar-refractivity contribution < 1.29 is 9.59 Å². The fourth-order valence-electron chi connectivity index (χ4n) is 2.26. The van der Waals surface area contributed by atoms with Crippen LogP contribution in [0.4, 0.5) is 0 Å². The predicted octanol–water partition coefficient (Wildman–Crippen LogP) is 2.78. The molecule has 0 heterocycles. The van der Waals surface area contributed by atoms with Crippen molar-refractivity contribution in [3.8, 4) is 0 Å². The van der Waals surface area contributed by atoms with Crippen LogP contribution in [0.25, 0.3) is 5.57 Å². The molecule has 0 fully saturated rings. The van der Waals surface area contributed by atoms with Crippen LogP contribution in [-0.4, -0.2) is 11.7 Å². The first kappa shape index (κ1) is 12.6. The molecule has 0 aliphatic heterocycles. The maximum Gasteiger partial charge on any atom is 0.224 e. The van der Waals surface area contributed by atoms with Crippen molar-refractivity contribution in [1.82, 2.24) is 5.32 Å². The molecule has 0 radical (unpaired) electrons. The Bertz CT molecular complexity index is 541. The second-order valence-corrected chi connectivity index (χ2v) is 4.72. The normalized spacial score (nSPS) is 14.1. The van der Waals surface area contributed by atoms with E-state index in [9.17, 15) is 9.59 Å². The maximum atomic E-state index is 12.3. The number of benzene rings is 1. The second-order valence-electron chi connectivity index (χ2n) is 4.72. The Labute approximate surface area is 107 Å². The SMILES string of the molecule is CCC(=O)NC1=C(C(C)C)c2ccccc2C1=O. The number of carbonyl (C=O) groups is 2. The van der Waals surface area contributed by atoms with Crippen molar-refractivity contribution in [3.05, 3.63) is 41.1 Å². The highest BCUT2D eigenvalue weighted by Gasteiger charge is 2.31. The van der Waals surface area contributed by atoms with E-state index >= 15 is 0 Å². The summed E-state index contributed by atoms with van der Waals surface area (Å²) in [6.45, 7) is 5.84. The highest BCUT2D eigenvalue weighted by Crippen LogP contribution is 2.36. The van der Waals surface area contributed by atoms with Gasteiger partial charge in [-0.15, -0.1) is 0 Å². The van der Waals surface area contributed by atoms with E-state index in [1.807, 2.05) is 38.1 Å². The molecule has 1 amide bonds. The summed E-state index contributed by atoms with van der Waals surface area (Å²) in [5.41, 5.74) is 3.03. The number of nitrogens with one attached hydrogen (secondary N) is 1. The molecule has 3 nitrogen and oxygen atoms in total. The lowest BCUT2D eigenvalue weighted by molar-refractivity contribution is -0.120. The highest BCUT2D eigenvalue weighted by atomic mass is 16.2. The Kier molecular flexibility index (Phi) is 3.32. The molecule has 0 bridgehead atoms. The molecule has 0 saturated carbocycles. The molecule has 1 aromatic rings. The zero-order valence-corrected chi connectivity index (χ0v) is 10.9. The fraction of sp³-hybridized carbons (Fsp3) is 0.333. The molecular weight excluding hydrogens is 226 g/mol. The molecule has 18 heavy (non-hydrogen) atoms. The van der Waals surface area contributed by atoms with Gasteiger partial charge >= 0.3 is 0 Å². The number of allylic oxidation sites excluding steroid dienone is 2. The number of carbonyl (C=O) groups excluding carboxylic acids is 2. The third-order valence-corrected chi connectivity index (χ3v) is 3.12. The summed E-state index contributed by atoms with van der Waals surface area (Å²) < 4.78 is 0. The Balaban J connectivity index is 2.51. The molecule has 2 rings (SSSR count). The van der Waals surface area contributed by atoms with E-state index in [1.54, 1.807) is 6.92 Å². The number of fused-ring (bicyclic) bond motifs is 1. The van der Waals surface area contributed by atoms with Gasteiger partial charge in [0.15, 0.2) is 0 Å². The van der Waals surface area contributed by atoms with Crippen molar-refractivity contribution in [2.45, 2.75) is 27.2 Å². The van der Waals surface area contributed by atoms with Gasteiger partial charge in [-0.3, -0.25) is 9.59 Å². The lowest BCUT2D eigenvalue weighted by Gasteiger charge is -2.11. The third-order valence-electron chi connectivity index (χ3n) is 3.12. The topological polar surface area (TPSA) is 46.2 Å². The number of hydrogen-bond donors (Lipinski definition) is 1. The Morgan fingerprint density at radius 2 is 1.83 bits per heavy atom. The average Bonchev–Trinajstić information content (AvgIpc) is 2.63. The van der Waals surface area contributed by atoms with Crippen molar-refractivity contribution in [1.29, 1.82) is 0 Å². The summed E-state index contributed by atoms with van der Waals surface area (Å²) in [7, 11) is 0. The number of ketones is 1. The van der Waals surface area contributed by atoms with Gasteiger partial charge in [-0.05, 0) is 17.1 Å². The zero-order chi connectivity index (χ0) is 13.3. The van der Waals surface area contributed by atoms with Crippen LogP contribution < -0.4 is 5.32 Å². The van der Waals surface area contributed by atoms with E-state index in [0.717, 1.165) is 11.1 Å². The second kappa shape index (κ2) is 4.77. The van der Waals surface area contributed by atoms with E-state index in [-0.39, 0.29) is 17.6 Å². The number of rotatable bonds is 3. The van der Waals surface area contributed by atoms with Crippen LogP contribution in [0.1, 0.15) is 43.1 Å². The summed E-state index contributed by atoms with van der Waals surface area (Å²) in [6, 6.07) is 7.51. The van der Waals surface area contributed by atoms with Crippen LogP contribution in [0.2, 0.25) is 0 Å². The zero-order valence-electron chi connectivity index (χ0n) is 10.9. The Morgan fingerprint density at radius 1 is 1.22 bits per heavy atom. The van der Waals surface area contributed by atoms with E-state index in [2.05, 4.69) is 5.32 Å². The molecule has 0 atom stereocenters. The number of amides is 1. The van der Waals surface area contributed by atoms with E-state index < -0.39 is 0 Å². The van der Waals surface area contributed by atoms with Gasteiger partial charge in [-0.2, -0.15) is 0 Å². The minimum absolute atomic E-state index is 0.0731. The van der Waals surface area contributed by atoms with Crippen molar-refractivity contribution in [3.63, 3.8) is 0 Å². The largest absolute Gasteiger partial charge is 0.323 e. The first-order chi connectivity index (χ1) is 8.56. The first-order valence-corrected chi connectivity index (χ1v) is 6.24. The third kappa shape index (κ3) is 1.96. The molecule has 1 N–H and O–H groups in total. The van der Waals surface area contributed by atoms with E-state index in [0.29, 0.717) is 17.7 Å². The van der Waals surface area contributed by atoms with Crippen LogP contribution >= 0.6 is 0 Å². The number of Topliss-reactive ketones (excluding diaryl/α,β-unsaturated/α-hetero) is 1. The van der Waals surface area contributed by atoms with Crippen molar-refractivity contribution >= 4 is 17.3 Å². The molecule has 1 aromatic carbocycles. The lowest BCUT2D eigenvalue weighted by Crippen LogP contribution is -2.26. The van der Waals surface area contributed by atoms with Gasteiger partial charge in [0, 0.05) is 12.0 Å². The van der Waals surface area contributed by atoms with Gasteiger partial charge in [0.25, 0.3) is 0 Å². The lowest BCUT2D eigenvalue weighted by atomic mass is 9.96. The van der Waals surface area contributed by atoms with Crippen LogP contribution in [-0.2, 0) is 4.79 Å². The summed E-state index contributed by atoms with van der Waals surface area (Å²) in [4.78, 5) is 23.8. The smallest absolute Gasteiger partial charge is 0.224 e. The molecule has 0 spiro atoms. The average molecular weight is 243 g/mol. The standard InChI is InChI=1S/C15H17NO2/c1-4-12(17)16-14-13(9(2)3)10-7-5-6-8-11(10)15(14)18/h5-9H,4H2,1-3H3,(H,16,17,18). The first-order valence-electron chi connectivity index (χ1n) is 6.24. The van der Waals surface area contributed by atoms with Crippen molar-refractivity contribution in [2.24, 2.45) is 5.92 Å². The van der Waals surface area contributed by atoms with Gasteiger partial charge in [0.1, 0.15) is 0 Å². The van der Waals surface area contributed by atoms with Gasteiger partial charge in [0.05, 0.1) is 5.70 Å². The maximum absolute atomic E-state index is 12.3. The minimum atomic E-state index is -0.121. The molecule has 1 aliphatic carbocycles. The summed E-state index contributed by atoms with van der Waals surface area (Å²) in [5, 5.41) is 2.75. The molecule has 0 saturated heterocycles. The molecule has 3 heteroatoms. The highest BCUT2D eigenvalue weighted by molar-refractivity contribution is 6.21. The van der Waals surface area contributed by atoms with Crippen LogP contribution in [0, 0.1) is 5.92 Å². The number of hydrogen-bond acceptors (Lipinski definition) is 2. The predicted molar refractivity (Wildman–Crippen MR) is 71.0 cm³/mol. The van der Waals surface area contributed by atoms with E-state index in [4.69, 9.17) is 0 Å². The van der Waals surface area contributed by atoms with Crippen molar-refractivity contribution in [2.75, 3.05) is 0 Å². The fourth-order valence-corrected chi connectivity index (χ4v) is 2.26. The van der Waals surface area contributed by atoms with Gasteiger partial charge < -0.3 is 5.32 Å². The molecule has 0 aromatic heterocycles. The van der Waals surface area contributed by atoms with Crippen LogP contribution in [0.3, 0.4) is 0 Å². The molecule has 94 valence electrons. The van der Waals surface area contributed by atoms with Gasteiger partial charge in [0.2, 0.25) is 11.7 Å². The molecule has 0 unspecified atom stereocenters. The summed E-state index contributed by atoms with van der Waals surface area (Å²) >= 11 is 0.